The normalized spacial score (nSPS) is 10.6. The Morgan fingerprint density at radius 3 is 2.74 bits per heavy atom. The number of aromatic hydroxyl groups is 1. The molecule has 19 heavy (non-hydrogen) atoms. The van der Waals surface area contributed by atoms with Crippen molar-refractivity contribution in [3.63, 3.8) is 0 Å². The Hall–Kier alpha value is -2.14. The molecule has 2 aromatic carbocycles. The number of aromatic nitrogens is 2. The Bertz CT molecular complexity index is 746. The van der Waals surface area contributed by atoms with Gasteiger partial charge >= 0.3 is 0 Å². The van der Waals surface area contributed by atoms with Gasteiger partial charge in [0.1, 0.15) is 17.8 Å². The van der Waals surface area contributed by atoms with E-state index in [1.807, 2.05) is 24.3 Å². The molecular formula is C14H9BrN2O2. The molecular weight excluding hydrogens is 308 g/mol. The van der Waals surface area contributed by atoms with Crippen molar-refractivity contribution >= 4 is 26.7 Å². The van der Waals surface area contributed by atoms with Crippen molar-refractivity contribution in [2.75, 3.05) is 0 Å². The lowest BCUT2D eigenvalue weighted by molar-refractivity contribution is 0.458. The lowest BCUT2D eigenvalue weighted by Gasteiger charge is -2.07. The highest BCUT2D eigenvalue weighted by Crippen LogP contribution is 2.29. The molecule has 0 aliphatic rings. The summed E-state index contributed by atoms with van der Waals surface area (Å²) in [5, 5.41) is 11.4. The molecule has 1 heterocycles. The molecule has 1 aromatic heterocycles. The van der Waals surface area contributed by atoms with Gasteiger partial charge in [0.05, 0.1) is 4.47 Å². The van der Waals surface area contributed by atoms with Crippen LogP contribution in [0.3, 0.4) is 0 Å². The van der Waals surface area contributed by atoms with Gasteiger partial charge in [0.25, 0.3) is 0 Å². The Labute approximate surface area is 117 Å². The fourth-order valence-electron chi connectivity index (χ4n) is 1.76. The Morgan fingerprint density at radius 2 is 1.89 bits per heavy atom. The van der Waals surface area contributed by atoms with Crippen molar-refractivity contribution in [1.29, 1.82) is 0 Å². The summed E-state index contributed by atoms with van der Waals surface area (Å²) >= 11 is 3.33. The molecule has 0 bridgehead atoms. The first-order chi connectivity index (χ1) is 9.22. The van der Waals surface area contributed by atoms with Gasteiger partial charge in [-0.2, -0.15) is 0 Å². The number of hydrogen-bond acceptors (Lipinski definition) is 4. The third-order valence-electron chi connectivity index (χ3n) is 2.64. The summed E-state index contributed by atoms with van der Waals surface area (Å²) in [6, 6.07) is 10.8. The maximum absolute atomic E-state index is 9.49. The van der Waals surface area contributed by atoms with Gasteiger partial charge in [-0.15, -0.1) is 0 Å². The Kier molecular flexibility index (Phi) is 3.05. The monoisotopic (exact) mass is 316 g/mol. The summed E-state index contributed by atoms with van der Waals surface area (Å²) in [5.41, 5.74) is 0. The van der Waals surface area contributed by atoms with Crippen molar-refractivity contribution < 1.29 is 9.84 Å². The van der Waals surface area contributed by atoms with Crippen molar-refractivity contribution in [3.05, 3.63) is 53.4 Å². The van der Waals surface area contributed by atoms with E-state index in [2.05, 4.69) is 25.9 Å². The highest BCUT2D eigenvalue weighted by atomic mass is 79.9. The van der Waals surface area contributed by atoms with E-state index in [0.717, 1.165) is 10.8 Å². The molecule has 0 radical (unpaired) electrons. The highest BCUT2D eigenvalue weighted by molar-refractivity contribution is 9.10. The van der Waals surface area contributed by atoms with Crippen LogP contribution in [0.4, 0.5) is 0 Å². The lowest BCUT2D eigenvalue weighted by Crippen LogP contribution is -1.89. The van der Waals surface area contributed by atoms with Crippen molar-refractivity contribution in [2.24, 2.45) is 0 Å². The van der Waals surface area contributed by atoms with Crippen LogP contribution in [0, 0.1) is 0 Å². The maximum Gasteiger partial charge on any atom is 0.236 e. The average Bonchev–Trinajstić information content (AvgIpc) is 2.41. The quantitative estimate of drug-likeness (QED) is 0.779. The molecule has 3 aromatic rings. The molecule has 4 nitrogen and oxygen atoms in total. The zero-order valence-electron chi connectivity index (χ0n) is 9.75. The minimum absolute atomic E-state index is 0.230. The van der Waals surface area contributed by atoms with Crippen LogP contribution in [0.15, 0.2) is 53.4 Å². The fourth-order valence-corrected chi connectivity index (χ4v) is 2.07. The molecule has 0 aliphatic heterocycles. The topological polar surface area (TPSA) is 55.2 Å². The van der Waals surface area contributed by atoms with Gasteiger partial charge in [0.2, 0.25) is 5.88 Å². The third-order valence-corrected chi connectivity index (χ3v) is 3.19. The van der Waals surface area contributed by atoms with Crippen LogP contribution in [0.5, 0.6) is 17.4 Å². The minimum Gasteiger partial charge on any atom is -0.508 e. The molecule has 94 valence electrons. The van der Waals surface area contributed by atoms with Crippen LogP contribution in [0.25, 0.3) is 10.8 Å². The number of hydrogen-bond donors (Lipinski definition) is 1. The van der Waals surface area contributed by atoms with E-state index in [4.69, 9.17) is 4.74 Å². The first-order valence-corrected chi connectivity index (χ1v) is 6.38. The molecule has 0 amide bonds. The number of benzene rings is 2. The summed E-state index contributed by atoms with van der Waals surface area (Å²) in [6.07, 6.45) is 3.04. The van der Waals surface area contributed by atoms with Gasteiger partial charge in [-0.1, -0.05) is 12.1 Å². The van der Waals surface area contributed by atoms with Gasteiger partial charge in [-0.05, 0) is 51.0 Å². The summed E-state index contributed by atoms with van der Waals surface area (Å²) in [6.45, 7) is 0. The average molecular weight is 317 g/mol. The summed E-state index contributed by atoms with van der Waals surface area (Å²) in [5.74, 6) is 1.33. The van der Waals surface area contributed by atoms with Crippen molar-refractivity contribution in [2.45, 2.75) is 0 Å². The smallest absolute Gasteiger partial charge is 0.236 e. The highest BCUT2D eigenvalue weighted by Gasteiger charge is 2.05. The second-order valence-corrected chi connectivity index (χ2v) is 4.83. The molecule has 0 aliphatic carbocycles. The van der Waals surface area contributed by atoms with E-state index in [9.17, 15) is 5.11 Å². The second kappa shape index (κ2) is 4.85. The Balaban J connectivity index is 2.00. The van der Waals surface area contributed by atoms with Gasteiger partial charge in [0.15, 0.2) is 0 Å². The number of ether oxygens (including phenoxy) is 1. The van der Waals surface area contributed by atoms with Crippen LogP contribution in [0.1, 0.15) is 0 Å². The summed E-state index contributed by atoms with van der Waals surface area (Å²) in [4.78, 5) is 7.92. The van der Waals surface area contributed by atoms with Gasteiger partial charge in [-0.25, -0.2) is 9.97 Å². The zero-order valence-corrected chi connectivity index (χ0v) is 11.3. The number of halogens is 1. The number of fused-ring (bicyclic) bond motifs is 1. The van der Waals surface area contributed by atoms with Crippen LogP contribution >= 0.6 is 15.9 Å². The standard InChI is InChI=1S/C14H9BrN2O2/c15-13-7-16-8-17-14(13)19-12-4-2-9-1-3-11(18)5-10(9)6-12/h1-8,18H. The molecule has 0 spiro atoms. The van der Waals surface area contributed by atoms with Crippen LogP contribution in [0.2, 0.25) is 0 Å². The molecule has 1 N–H and O–H groups in total. The molecule has 3 rings (SSSR count). The predicted molar refractivity (Wildman–Crippen MR) is 75.4 cm³/mol. The van der Waals surface area contributed by atoms with Gasteiger partial charge < -0.3 is 9.84 Å². The largest absolute Gasteiger partial charge is 0.508 e. The van der Waals surface area contributed by atoms with Gasteiger partial charge in [-0.3, -0.25) is 0 Å². The molecule has 0 fully saturated rings. The SMILES string of the molecule is Oc1ccc2ccc(Oc3ncncc3Br)cc2c1. The lowest BCUT2D eigenvalue weighted by atomic mass is 10.1. The second-order valence-electron chi connectivity index (χ2n) is 3.97. The number of phenolic OH excluding ortho intramolecular Hbond substituents is 1. The van der Waals surface area contributed by atoms with E-state index in [-0.39, 0.29) is 5.75 Å². The number of phenols is 1. The van der Waals surface area contributed by atoms with Crippen LogP contribution in [-0.2, 0) is 0 Å². The van der Waals surface area contributed by atoms with E-state index >= 15 is 0 Å². The van der Waals surface area contributed by atoms with E-state index in [1.165, 1.54) is 6.33 Å². The molecule has 0 unspecified atom stereocenters. The maximum atomic E-state index is 9.49. The van der Waals surface area contributed by atoms with E-state index < -0.39 is 0 Å². The van der Waals surface area contributed by atoms with Crippen LogP contribution < -0.4 is 4.74 Å². The zero-order chi connectivity index (χ0) is 13.2. The summed E-state index contributed by atoms with van der Waals surface area (Å²) in [7, 11) is 0. The first-order valence-electron chi connectivity index (χ1n) is 5.58. The van der Waals surface area contributed by atoms with Crippen molar-refractivity contribution in [1.82, 2.24) is 9.97 Å². The predicted octanol–water partition coefficient (Wildman–Crippen LogP) is 3.89. The summed E-state index contributed by atoms with van der Waals surface area (Å²) < 4.78 is 6.36. The molecule has 5 heteroatoms. The fraction of sp³-hybridized carbons (Fsp3) is 0. The molecule has 0 saturated carbocycles. The third kappa shape index (κ3) is 2.51. The van der Waals surface area contributed by atoms with Gasteiger partial charge in [0, 0.05) is 6.20 Å². The molecule has 0 atom stereocenters. The first kappa shape index (κ1) is 11.9. The van der Waals surface area contributed by atoms with E-state index in [1.54, 1.807) is 18.3 Å². The van der Waals surface area contributed by atoms with Crippen molar-refractivity contribution in [3.8, 4) is 17.4 Å². The van der Waals surface area contributed by atoms with Crippen LogP contribution in [-0.4, -0.2) is 15.1 Å². The number of nitrogens with zero attached hydrogens (tertiary/aromatic N) is 2. The van der Waals surface area contributed by atoms with E-state index in [0.29, 0.717) is 16.1 Å². The Morgan fingerprint density at radius 1 is 1.05 bits per heavy atom. The molecule has 0 saturated heterocycles. The number of rotatable bonds is 2. The minimum atomic E-state index is 0.230.